The van der Waals surface area contributed by atoms with Crippen LogP contribution in [0, 0.1) is 0 Å². The number of hydrogen-bond acceptors (Lipinski definition) is 3. The maximum atomic E-state index is 5.94. The predicted octanol–water partition coefficient (Wildman–Crippen LogP) is 2.38. The van der Waals surface area contributed by atoms with Gasteiger partial charge < -0.3 is 24.0 Å². The van der Waals surface area contributed by atoms with E-state index in [-0.39, 0.29) is 43.8 Å². The molecule has 0 fully saturated rings. The molecule has 0 saturated heterocycles. The second kappa shape index (κ2) is 15.7. The van der Waals surface area contributed by atoms with Crippen molar-refractivity contribution in [2.45, 2.75) is 0 Å². The monoisotopic (exact) mass is 720 g/mol. The molecule has 0 aliphatic heterocycles. The minimum atomic E-state index is -2.25. The van der Waals surface area contributed by atoms with Crippen molar-refractivity contribution >= 4 is 64.0 Å². The summed E-state index contributed by atoms with van der Waals surface area (Å²) in [5, 5.41) is 3.78. The van der Waals surface area contributed by atoms with Gasteiger partial charge in [0.15, 0.2) is 0 Å². The largest absolute Gasteiger partial charge is 1.00 e. The van der Waals surface area contributed by atoms with Gasteiger partial charge in [0.05, 0.1) is 5.34 Å². The number of ether oxygens (including phenoxy) is 3. The summed E-state index contributed by atoms with van der Waals surface area (Å²) in [4.78, 5) is 0. The van der Waals surface area contributed by atoms with Crippen molar-refractivity contribution in [1.29, 1.82) is 0 Å². The van der Waals surface area contributed by atoms with Crippen LogP contribution in [0.5, 0.6) is 17.2 Å². The fourth-order valence-corrected chi connectivity index (χ4v) is 15.5. The fourth-order valence-electron chi connectivity index (χ4n) is 3.85. The van der Waals surface area contributed by atoms with E-state index in [0.717, 1.165) is 17.2 Å². The van der Waals surface area contributed by atoms with Gasteiger partial charge in [-0.15, -0.1) is 23.2 Å². The predicted molar refractivity (Wildman–Crippen MR) is 153 cm³/mol. The fraction of sp³-hybridized carbons (Fsp3) is 0.143. The first-order valence-electron chi connectivity index (χ1n) is 10.8. The quantitative estimate of drug-likeness (QED) is 0.121. The van der Waals surface area contributed by atoms with Crippen molar-refractivity contribution in [2.24, 2.45) is 0 Å². The second-order valence-electron chi connectivity index (χ2n) is 7.13. The van der Waals surface area contributed by atoms with Gasteiger partial charge in [-0.1, -0.05) is 0 Å². The van der Waals surface area contributed by atoms with Crippen molar-refractivity contribution in [3.05, 3.63) is 103 Å². The Kier molecular flexibility index (Phi) is 13.4. The van der Waals surface area contributed by atoms with Crippen LogP contribution in [0.3, 0.4) is 0 Å². The van der Waals surface area contributed by atoms with E-state index in [0.29, 0.717) is 0 Å². The zero-order valence-corrected chi connectivity index (χ0v) is 26.5. The Hall–Kier alpha value is -1.46. The molecule has 4 aromatic carbocycles. The third-order valence-corrected chi connectivity index (χ3v) is 16.2. The number of hydrogen-bond donors (Lipinski definition) is 0. The normalized spacial score (nSPS) is 10.4. The van der Waals surface area contributed by atoms with Gasteiger partial charge in [0.2, 0.25) is 0 Å². The van der Waals surface area contributed by atoms with Crippen molar-refractivity contribution in [2.75, 3.05) is 26.7 Å². The molecule has 190 valence electrons. The topological polar surface area (TPSA) is 27.7 Å². The molecule has 0 aliphatic carbocycles. The van der Waals surface area contributed by atoms with Crippen molar-refractivity contribution in [3.63, 3.8) is 0 Å². The molecule has 8 heteroatoms. The van der Waals surface area contributed by atoms with Gasteiger partial charge in [0.25, 0.3) is 0 Å². The molecule has 0 saturated carbocycles. The van der Waals surface area contributed by atoms with Crippen LogP contribution in [0.2, 0.25) is 0 Å². The number of para-hydroxylation sites is 3. The number of alkyl halides is 2. The first kappa shape index (κ1) is 30.8. The van der Waals surface area contributed by atoms with Crippen LogP contribution in [0.25, 0.3) is 0 Å². The number of halogens is 3. The van der Waals surface area contributed by atoms with Gasteiger partial charge in [-0.05, 0) is 0 Å². The third-order valence-electron chi connectivity index (χ3n) is 5.26. The minimum absolute atomic E-state index is 0. The van der Waals surface area contributed by atoms with Crippen LogP contribution < -0.4 is 58.6 Å². The summed E-state index contributed by atoms with van der Waals surface area (Å²) in [6.45, 7) is 0. The molecule has 0 bridgehead atoms. The van der Waals surface area contributed by atoms with E-state index < -0.39 is 5.95 Å². The van der Waals surface area contributed by atoms with Gasteiger partial charge in [-0.25, -0.2) is 0 Å². The molecule has 0 aromatic heterocycles. The van der Waals surface area contributed by atoms with Gasteiger partial charge in [-0.2, -0.15) is 0 Å². The van der Waals surface area contributed by atoms with Crippen LogP contribution in [0.1, 0.15) is 0 Å². The summed E-state index contributed by atoms with van der Waals surface area (Å²) in [7, 11) is 5.23. The van der Waals surface area contributed by atoms with E-state index in [9.17, 15) is 0 Å². The van der Waals surface area contributed by atoms with Gasteiger partial charge in [0, 0.05) is 0 Å². The Bertz CT molecular complexity index is 1100. The third kappa shape index (κ3) is 6.89. The second-order valence-corrected chi connectivity index (χ2v) is 16.4. The van der Waals surface area contributed by atoms with E-state index in [2.05, 4.69) is 84.9 Å². The standard InChI is InChI=1S/C27H26O3PSe.CH2Cl2.HI/c1-28-22-15-7-10-18-25(22)31(32-21-13-5-4-6-14-21,26-19-11-8-16-23(26)29-2)27-20-12-9-17-24(27)30-3;2-1-3;/h4-20H,1-3H3;1H2;1H/q+1;;/p-1. The molecule has 0 spiro atoms. The summed E-state index contributed by atoms with van der Waals surface area (Å²) < 4.78 is 19.1. The molecule has 0 amide bonds. The zero-order valence-electron chi connectivity index (χ0n) is 20.2. The van der Waals surface area contributed by atoms with Crippen molar-refractivity contribution in [1.82, 2.24) is 0 Å². The molecular weight excluding hydrogens is 692 g/mol. The number of benzene rings is 4. The summed E-state index contributed by atoms with van der Waals surface area (Å²) in [5.41, 5.74) is 0. The Balaban J connectivity index is 0.00000109. The average molecular weight is 720 g/mol. The summed E-state index contributed by atoms with van der Waals surface area (Å²) in [6.07, 6.45) is 0. The number of rotatable bonds is 8. The van der Waals surface area contributed by atoms with Crippen LogP contribution in [-0.4, -0.2) is 41.2 Å². The zero-order chi connectivity index (χ0) is 25.1. The first-order chi connectivity index (χ1) is 17.2. The summed E-state index contributed by atoms with van der Waals surface area (Å²) in [6, 6.07) is 35.8. The van der Waals surface area contributed by atoms with E-state index in [1.165, 1.54) is 20.4 Å². The Morgan fingerprint density at radius 1 is 0.556 bits per heavy atom. The molecule has 4 aromatic rings. The molecule has 0 N–H and O–H groups in total. The molecule has 3 nitrogen and oxygen atoms in total. The van der Waals surface area contributed by atoms with Gasteiger partial charge in [0.1, 0.15) is 0 Å². The first-order valence-corrected chi connectivity index (χ1v) is 16.8. The molecule has 0 unspecified atom stereocenters. The molecule has 36 heavy (non-hydrogen) atoms. The van der Waals surface area contributed by atoms with Crippen LogP contribution in [0.4, 0.5) is 0 Å². The van der Waals surface area contributed by atoms with E-state index in [1.54, 1.807) is 21.3 Å². The van der Waals surface area contributed by atoms with Crippen LogP contribution >= 0.6 is 29.2 Å². The maximum Gasteiger partial charge on any atom is 0.0967 e. The Labute approximate surface area is 247 Å². The molecule has 0 aliphatic rings. The van der Waals surface area contributed by atoms with E-state index in [4.69, 9.17) is 37.4 Å². The molecule has 4 rings (SSSR count). The number of methoxy groups -OCH3 is 3. The van der Waals surface area contributed by atoms with Gasteiger partial charge in [-0.3, -0.25) is 0 Å². The molecule has 0 radical (unpaired) electrons. The average Bonchev–Trinajstić information content (AvgIpc) is 2.93. The SMILES string of the molecule is COc1ccccc1[P+]([Se]c1ccccc1)(c1ccccc1OC)c1ccccc1OC.ClCCl.[I-]. The summed E-state index contributed by atoms with van der Waals surface area (Å²) >= 11 is 9.56. The smallest absolute Gasteiger partial charge is 0.0967 e. The van der Waals surface area contributed by atoms with E-state index in [1.807, 2.05) is 18.2 Å². The maximum absolute atomic E-state index is 5.94. The van der Waals surface area contributed by atoms with Crippen molar-refractivity contribution in [3.8, 4) is 17.2 Å². The van der Waals surface area contributed by atoms with Crippen LogP contribution in [0.15, 0.2) is 103 Å². The van der Waals surface area contributed by atoms with Gasteiger partial charge >= 0.3 is 197 Å². The molecule has 0 heterocycles. The van der Waals surface area contributed by atoms with E-state index >= 15 is 0 Å². The Morgan fingerprint density at radius 3 is 1.19 bits per heavy atom. The minimum Gasteiger partial charge on any atom is -1.00 e. The molecular formula is C28H28Cl2IO3PSe. The van der Waals surface area contributed by atoms with Crippen LogP contribution in [-0.2, 0) is 0 Å². The van der Waals surface area contributed by atoms with Crippen molar-refractivity contribution < 1.29 is 38.2 Å². The summed E-state index contributed by atoms with van der Waals surface area (Å²) in [5.74, 6) is 0.404. The molecule has 0 atom stereocenters. The Morgan fingerprint density at radius 2 is 0.861 bits per heavy atom.